The normalized spacial score (nSPS) is 13.8. The van der Waals surface area contributed by atoms with Crippen molar-refractivity contribution in [2.75, 3.05) is 26.9 Å². The lowest BCUT2D eigenvalue weighted by Gasteiger charge is -2.30. The van der Waals surface area contributed by atoms with E-state index in [0.29, 0.717) is 19.6 Å². The van der Waals surface area contributed by atoms with E-state index in [1.54, 1.807) is 0 Å². The molecule has 1 unspecified atom stereocenters. The van der Waals surface area contributed by atoms with Gasteiger partial charge in [-0.15, -0.1) is 0 Å². The third kappa shape index (κ3) is 3.78. The average molecular weight is 265 g/mol. The number of hydrogen-bond acceptors (Lipinski definition) is 4. The Bertz CT molecular complexity index is 380. The first-order valence-electron chi connectivity index (χ1n) is 6.63. The molecule has 0 amide bonds. The van der Waals surface area contributed by atoms with Gasteiger partial charge in [-0.2, -0.15) is 0 Å². The highest BCUT2D eigenvalue weighted by molar-refractivity contribution is 5.83. The standard InChI is InChI=1S/C15H23NO3/c1-3-10-19-11-9-15(12-16,14(17)18-2)13-7-5-4-6-8-13/h4-8H,3,9-12,16H2,1-2H3. The van der Waals surface area contributed by atoms with Crippen LogP contribution in [-0.4, -0.2) is 32.8 Å². The van der Waals surface area contributed by atoms with Crippen molar-refractivity contribution in [3.8, 4) is 0 Å². The van der Waals surface area contributed by atoms with Gasteiger partial charge in [0.05, 0.1) is 7.11 Å². The number of methoxy groups -OCH3 is 1. The summed E-state index contributed by atoms with van der Waals surface area (Å²) in [7, 11) is 1.39. The Morgan fingerprint density at radius 2 is 1.95 bits per heavy atom. The molecule has 0 heterocycles. The largest absolute Gasteiger partial charge is 0.468 e. The van der Waals surface area contributed by atoms with Crippen LogP contribution in [0.15, 0.2) is 30.3 Å². The van der Waals surface area contributed by atoms with Gasteiger partial charge in [-0.3, -0.25) is 4.79 Å². The van der Waals surface area contributed by atoms with Crippen molar-refractivity contribution in [3.63, 3.8) is 0 Å². The lowest BCUT2D eigenvalue weighted by molar-refractivity contribution is -0.148. The fourth-order valence-corrected chi connectivity index (χ4v) is 2.11. The van der Waals surface area contributed by atoms with Crippen molar-refractivity contribution in [2.24, 2.45) is 5.73 Å². The Balaban J connectivity index is 2.92. The van der Waals surface area contributed by atoms with Crippen molar-refractivity contribution >= 4 is 5.97 Å². The summed E-state index contributed by atoms with van der Waals surface area (Å²) in [6.07, 6.45) is 1.49. The fraction of sp³-hybridized carbons (Fsp3) is 0.533. The lowest BCUT2D eigenvalue weighted by Crippen LogP contribution is -2.44. The molecule has 0 bridgehead atoms. The number of carbonyl (C=O) groups excluding carboxylic acids is 1. The third-order valence-corrected chi connectivity index (χ3v) is 3.27. The minimum atomic E-state index is -0.816. The molecule has 1 aromatic rings. The number of hydrogen-bond donors (Lipinski definition) is 1. The highest BCUT2D eigenvalue weighted by Gasteiger charge is 2.39. The van der Waals surface area contributed by atoms with Crippen LogP contribution < -0.4 is 5.73 Å². The average Bonchev–Trinajstić information content (AvgIpc) is 2.48. The molecule has 0 radical (unpaired) electrons. The smallest absolute Gasteiger partial charge is 0.317 e. The van der Waals surface area contributed by atoms with Gasteiger partial charge < -0.3 is 15.2 Å². The Hall–Kier alpha value is -1.39. The minimum Gasteiger partial charge on any atom is -0.468 e. The zero-order valence-electron chi connectivity index (χ0n) is 11.7. The molecule has 0 aliphatic carbocycles. The lowest BCUT2D eigenvalue weighted by atomic mass is 9.78. The van der Waals surface area contributed by atoms with Crippen LogP contribution in [0.1, 0.15) is 25.3 Å². The second-order valence-corrected chi connectivity index (χ2v) is 4.51. The summed E-state index contributed by atoms with van der Waals surface area (Å²) in [5, 5.41) is 0. The van der Waals surface area contributed by atoms with Gasteiger partial charge in [0.15, 0.2) is 0 Å². The zero-order valence-corrected chi connectivity index (χ0v) is 11.7. The molecular formula is C15H23NO3. The highest BCUT2D eigenvalue weighted by atomic mass is 16.5. The van der Waals surface area contributed by atoms with Crippen LogP contribution in [0.2, 0.25) is 0 Å². The molecule has 0 aliphatic rings. The van der Waals surface area contributed by atoms with Crippen molar-refractivity contribution in [2.45, 2.75) is 25.2 Å². The monoisotopic (exact) mass is 265 g/mol. The molecule has 1 atom stereocenters. The molecule has 1 rings (SSSR count). The first-order chi connectivity index (χ1) is 9.21. The molecule has 0 aromatic heterocycles. The second kappa shape index (κ2) is 7.92. The van der Waals surface area contributed by atoms with E-state index >= 15 is 0 Å². The SMILES string of the molecule is CCCOCCC(CN)(C(=O)OC)c1ccccc1. The first kappa shape index (κ1) is 15.7. The number of benzene rings is 1. The van der Waals surface area contributed by atoms with Gasteiger partial charge >= 0.3 is 5.97 Å². The molecule has 1 aromatic carbocycles. The van der Waals surface area contributed by atoms with Gasteiger partial charge in [0.1, 0.15) is 5.41 Å². The predicted octanol–water partition coefficient (Wildman–Crippen LogP) is 1.87. The molecule has 106 valence electrons. The van der Waals surface area contributed by atoms with Gasteiger partial charge in [-0.05, 0) is 18.4 Å². The molecule has 0 saturated heterocycles. The van der Waals surface area contributed by atoms with E-state index in [1.165, 1.54) is 7.11 Å². The van der Waals surface area contributed by atoms with Crippen molar-refractivity contribution in [1.29, 1.82) is 0 Å². The number of esters is 1. The predicted molar refractivity (Wildman–Crippen MR) is 74.9 cm³/mol. The van der Waals surface area contributed by atoms with Crippen LogP contribution in [0.25, 0.3) is 0 Å². The summed E-state index contributed by atoms with van der Waals surface area (Å²) >= 11 is 0. The topological polar surface area (TPSA) is 61.5 Å². The quantitative estimate of drug-likeness (QED) is 0.576. The second-order valence-electron chi connectivity index (χ2n) is 4.51. The van der Waals surface area contributed by atoms with E-state index < -0.39 is 5.41 Å². The van der Waals surface area contributed by atoms with Crippen LogP contribution in [0.4, 0.5) is 0 Å². The van der Waals surface area contributed by atoms with Crippen molar-refractivity contribution in [3.05, 3.63) is 35.9 Å². The van der Waals surface area contributed by atoms with E-state index in [4.69, 9.17) is 15.2 Å². The van der Waals surface area contributed by atoms with Crippen LogP contribution in [0, 0.1) is 0 Å². The summed E-state index contributed by atoms with van der Waals surface area (Å²) in [5.41, 5.74) is 5.94. The number of carbonyl (C=O) groups is 1. The number of rotatable bonds is 8. The van der Waals surface area contributed by atoms with Crippen molar-refractivity contribution in [1.82, 2.24) is 0 Å². The Kier molecular flexibility index (Phi) is 6.53. The molecule has 19 heavy (non-hydrogen) atoms. The van der Waals surface area contributed by atoms with Crippen LogP contribution in [-0.2, 0) is 19.7 Å². The molecule has 4 heteroatoms. The Morgan fingerprint density at radius 1 is 1.26 bits per heavy atom. The van der Waals surface area contributed by atoms with E-state index in [9.17, 15) is 4.79 Å². The zero-order chi connectivity index (χ0) is 14.1. The van der Waals surface area contributed by atoms with Gasteiger partial charge in [-0.25, -0.2) is 0 Å². The minimum absolute atomic E-state index is 0.208. The van der Waals surface area contributed by atoms with E-state index in [1.807, 2.05) is 37.3 Å². The highest BCUT2D eigenvalue weighted by Crippen LogP contribution is 2.28. The molecule has 4 nitrogen and oxygen atoms in total. The summed E-state index contributed by atoms with van der Waals surface area (Å²) in [6.45, 7) is 3.44. The molecule has 0 fully saturated rings. The van der Waals surface area contributed by atoms with Gasteiger partial charge in [0, 0.05) is 19.8 Å². The molecule has 0 saturated carbocycles. The number of nitrogens with two attached hydrogens (primary N) is 1. The van der Waals surface area contributed by atoms with Crippen LogP contribution >= 0.6 is 0 Å². The van der Waals surface area contributed by atoms with Crippen LogP contribution in [0.3, 0.4) is 0 Å². The van der Waals surface area contributed by atoms with Gasteiger partial charge in [-0.1, -0.05) is 37.3 Å². The maximum Gasteiger partial charge on any atom is 0.317 e. The summed E-state index contributed by atoms with van der Waals surface area (Å²) in [4.78, 5) is 12.2. The Labute approximate surface area is 114 Å². The maximum atomic E-state index is 12.2. The van der Waals surface area contributed by atoms with Gasteiger partial charge in [0.25, 0.3) is 0 Å². The molecule has 2 N–H and O–H groups in total. The third-order valence-electron chi connectivity index (χ3n) is 3.27. The maximum absolute atomic E-state index is 12.2. The van der Waals surface area contributed by atoms with E-state index in [0.717, 1.165) is 12.0 Å². The number of ether oxygens (including phenoxy) is 2. The van der Waals surface area contributed by atoms with Gasteiger partial charge in [0.2, 0.25) is 0 Å². The first-order valence-corrected chi connectivity index (χ1v) is 6.63. The Morgan fingerprint density at radius 3 is 2.47 bits per heavy atom. The van der Waals surface area contributed by atoms with E-state index in [2.05, 4.69) is 0 Å². The summed E-state index contributed by atoms with van der Waals surface area (Å²) in [5.74, 6) is -0.304. The van der Waals surface area contributed by atoms with E-state index in [-0.39, 0.29) is 12.5 Å². The fourth-order valence-electron chi connectivity index (χ4n) is 2.11. The van der Waals surface area contributed by atoms with Crippen LogP contribution in [0.5, 0.6) is 0 Å². The molecular weight excluding hydrogens is 242 g/mol. The molecule has 0 aliphatic heterocycles. The summed E-state index contributed by atoms with van der Waals surface area (Å²) in [6, 6.07) is 9.52. The summed E-state index contributed by atoms with van der Waals surface area (Å²) < 4.78 is 10.4. The van der Waals surface area contributed by atoms with Crippen molar-refractivity contribution < 1.29 is 14.3 Å². The molecule has 0 spiro atoms.